The number of rotatable bonds is 8. The van der Waals surface area contributed by atoms with Gasteiger partial charge >= 0.3 is 0 Å². The van der Waals surface area contributed by atoms with E-state index in [4.69, 9.17) is 0 Å². The quantitative estimate of drug-likeness (QED) is 0.798. The minimum absolute atomic E-state index is 0.0102. The molecular weight excluding hydrogens is 298 g/mol. The monoisotopic (exact) mass is 325 g/mol. The van der Waals surface area contributed by atoms with E-state index < -0.39 is 9.84 Å². The van der Waals surface area contributed by atoms with E-state index in [9.17, 15) is 13.2 Å². The molecule has 0 atom stereocenters. The van der Waals surface area contributed by atoms with Crippen molar-refractivity contribution in [2.45, 2.75) is 47.0 Å². The van der Waals surface area contributed by atoms with E-state index in [2.05, 4.69) is 5.32 Å². The maximum Gasteiger partial charge on any atom is 0.225 e. The van der Waals surface area contributed by atoms with E-state index in [1.807, 2.05) is 45.9 Å². The van der Waals surface area contributed by atoms with Crippen LogP contribution in [0.2, 0.25) is 0 Å². The molecule has 0 radical (unpaired) electrons. The highest BCUT2D eigenvalue weighted by atomic mass is 32.2. The van der Waals surface area contributed by atoms with Gasteiger partial charge in [0.05, 0.1) is 11.5 Å². The van der Waals surface area contributed by atoms with Gasteiger partial charge in [-0.3, -0.25) is 4.79 Å². The number of carbonyl (C=O) groups excluding carboxylic acids is 1. The maximum absolute atomic E-state index is 12.1. The standard InChI is InChI=1S/C17H27NO3S/c1-5-14-8-7-9-15(6-2)17(14)18-16(19)10-11-22(20,21)12-13(3)4/h7-9,13H,5-6,10-12H2,1-4H3,(H,18,19). The van der Waals surface area contributed by atoms with Crippen LogP contribution in [-0.2, 0) is 27.5 Å². The predicted octanol–water partition coefficient (Wildman–Crippen LogP) is 3.21. The summed E-state index contributed by atoms with van der Waals surface area (Å²) in [6.07, 6.45) is 1.67. The van der Waals surface area contributed by atoms with Gasteiger partial charge in [0.2, 0.25) is 5.91 Å². The van der Waals surface area contributed by atoms with Crippen molar-refractivity contribution in [1.29, 1.82) is 0 Å². The Bertz CT molecular complexity index is 584. The average Bonchev–Trinajstić information content (AvgIpc) is 2.44. The van der Waals surface area contributed by atoms with Gasteiger partial charge in [0, 0.05) is 12.1 Å². The number of para-hydroxylation sites is 1. The van der Waals surface area contributed by atoms with Crippen LogP contribution in [0.25, 0.3) is 0 Å². The summed E-state index contributed by atoms with van der Waals surface area (Å²) in [5, 5.41) is 2.90. The fraction of sp³-hybridized carbons (Fsp3) is 0.588. The number of nitrogens with one attached hydrogen (secondary N) is 1. The second-order valence-electron chi connectivity index (χ2n) is 5.96. The van der Waals surface area contributed by atoms with Crippen LogP contribution in [0.3, 0.4) is 0 Å². The van der Waals surface area contributed by atoms with Crippen LogP contribution in [-0.4, -0.2) is 25.8 Å². The Morgan fingerprint density at radius 2 is 1.68 bits per heavy atom. The number of hydrogen-bond acceptors (Lipinski definition) is 3. The van der Waals surface area contributed by atoms with E-state index in [1.165, 1.54) is 0 Å². The first-order chi connectivity index (χ1) is 10.3. The molecule has 0 saturated heterocycles. The molecule has 0 saturated carbocycles. The Kier molecular flexibility index (Phi) is 7.07. The lowest BCUT2D eigenvalue weighted by atomic mass is 10.0. The van der Waals surface area contributed by atoms with E-state index in [0.29, 0.717) is 0 Å². The number of carbonyl (C=O) groups is 1. The third-order valence-electron chi connectivity index (χ3n) is 3.49. The number of aryl methyl sites for hydroxylation is 2. The Hall–Kier alpha value is -1.36. The molecule has 5 heteroatoms. The molecule has 0 bridgehead atoms. The fourth-order valence-corrected chi connectivity index (χ4v) is 4.12. The Morgan fingerprint density at radius 3 is 2.14 bits per heavy atom. The van der Waals surface area contributed by atoms with Crippen molar-refractivity contribution in [3.05, 3.63) is 29.3 Å². The number of hydrogen-bond donors (Lipinski definition) is 1. The van der Waals surface area contributed by atoms with Crippen molar-refractivity contribution in [2.75, 3.05) is 16.8 Å². The summed E-state index contributed by atoms with van der Waals surface area (Å²) in [6, 6.07) is 5.97. The first-order valence-corrected chi connectivity index (χ1v) is 9.72. The summed E-state index contributed by atoms with van der Waals surface area (Å²) >= 11 is 0. The number of anilines is 1. The minimum atomic E-state index is -3.16. The second kappa shape index (κ2) is 8.32. The summed E-state index contributed by atoms with van der Waals surface area (Å²) in [6.45, 7) is 7.81. The molecule has 22 heavy (non-hydrogen) atoms. The molecule has 0 aromatic heterocycles. The lowest BCUT2D eigenvalue weighted by Crippen LogP contribution is -2.21. The normalized spacial score (nSPS) is 11.7. The topological polar surface area (TPSA) is 63.2 Å². The lowest BCUT2D eigenvalue weighted by Gasteiger charge is -2.14. The Labute approximate surface area is 134 Å². The number of amides is 1. The van der Waals surface area contributed by atoms with E-state index in [0.717, 1.165) is 29.7 Å². The first kappa shape index (κ1) is 18.7. The molecule has 0 aliphatic rings. The molecule has 124 valence electrons. The van der Waals surface area contributed by atoms with Gasteiger partial charge in [0.25, 0.3) is 0 Å². The van der Waals surface area contributed by atoms with E-state index >= 15 is 0 Å². The van der Waals surface area contributed by atoms with Crippen molar-refractivity contribution in [1.82, 2.24) is 0 Å². The van der Waals surface area contributed by atoms with Gasteiger partial charge in [-0.05, 0) is 29.9 Å². The average molecular weight is 325 g/mol. The molecule has 0 spiro atoms. The zero-order valence-corrected chi connectivity index (χ0v) is 14.8. The molecule has 0 aliphatic carbocycles. The maximum atomic E-state index is 12.1. The van der Waals surface area contributed by atoms with Crippen LogP contribution in [0.15, 0.2) is 18.2 Å². The van der Waals surface area contributed by atoms with Gasteiger partial charge < -0.3 is 5.32 Å². The second-order valence-corrected chi connectivity index (χ2v) is 8.19. The van der Waals surface area contributed by atoms with Crippen molar-refractivity contribution in [2.24, 2.45) is 5.92 Å². The predicted molar refractivity (Wildman–Crippen MR) is 91.9 cm³/mol. The molecule has 0 fully saturated rings. The molecule has 1 amide bonds. The summed E-state index contributed by atoms with van der Waals surface area (Å²) in [5.41, 5.74) is 3.01. The lowest BCUT2D eigenvalue weighted by molar-refractivity contribution is -0.115. The molecular formula is C17H27NO3S. The van der Waals surface area contributed by atoms with Crippen LogP contribution in [0.5, 0.6) is 0 Å². The smallest absolute Gasteiger partial charge is 0.225 e. The van der Waals surface area contributed by atoms with Gasteiger partial charge in [-0.25, -0.2) is 8.42 Å². The van der Waals surface area contributed by atoms with Crippen molar-refractivity contribution in [3.63, 3.8) is 0 Å². The van der Waals surface area contributed by atoms with E-state index in [-0.39, 0.29) is 29.8 Å². The van der Waals surface area contributed by atoms with E-state index in [1.54, 1.807) is 0 Å². The summed E-state index contributed by atoms with van der Waals surface area (Å²) in [4.78, 5) is 12.1. The minimum Gasteiger partial charge on any atom is -0.326 e. The SMILES string of the molecule is CCc1cccc(CC)c1NC(=O)CCS(=O)(=O)CC(C)C. The molecule has 0 heterocycles. The fourth-order valence-electron chi connectivity index (χ4n) is 2.44. The van der Waals surface area contributed by atoms with Crippen LogP contribution in [0.4, 0.5) is 5.69 Å². The summed E-state index contributed by atoms with van der Waals surface area (Å²) < 4.78 is 23.7. The summed E-state index contributed by atoms with van der Waals surface area (Å²) in [7, 11) is -3.16. The van der Waals surface area contributed by atoms with Gasteiger partial charge in [0.15, 0.2) is 9.84 Å². The third-order valence-corrected chi connectivity index (χ3v) is 5.49. The van der Waals surface area contributed by atoms with Crippen LogP contribution < -0.4 is 5.32 Å². The highest BCUT2D eigenvalue weighted by Crippen LogP contribution is 2.22. The molecule has 1 rings (SSSR count). The number of sulfone groups is 1. The van der Waals surface area contributed by atoms with Gasteiger partial charge in [-0.1, -0.05) is 45.9 Å². The van der Waals surface area contributed by atoms with Gasteiger partial charge in [0.1, 0.15) is 0 Å². The van der Waals surface area contributed by atoms with Crippen LogP contribution in [0.1, 0.15) is 45.2 Å². The van der Waals surface area contributed by atoms with Crippen molar-refractivity contribution in [3.8, 4) is 0 Å². The van der Waals surface area contributed by atoms with Gasteiger partial charge in [-0.15, -0.1) is 0 Å². The molecule has 1 aromatic carbocycles. The zero-order valence-electron chi connectivity index (χ0n) is 14.0. The molecule has 1 N–H and O–H groups in total. The Balaban J connectivity index is 2.74. The first-order valence-electron chi connectivity index (χ1n) is 7.90. The highest BCUT2D eigenvalue weighted by Gasteiger charge is 2.16. The third kappa shape index (κ3) is 5.79. The molecule has 0 unspecified atom stereocenters. The zero-order chi connectivity index (χ0) is 16.8. The Morgan fingerprint density at radius 1 is 1.14 bits per heavy atom. The van der Waals surface area contributed by atoms with Crippen LogP contribution in [0, 0.1) is 5.92 Å². The number of benzene rings is 1. The van der Waals surface area contributed by atoms with Crippen molar-refractivity contribution < 1.29 is 13.2 Å². The molecule has 4 nitrogen and oxygen atoms in total. The summed E-state index contributed by atoms with van der Waals surface area (Å²) in [5.74, 6) is -0.109. The van der Waals surface area contributed by atoms with Crippen molar-refractivity contribution >= 4 is 21.4 Å². The molecule has 1 aromatic rings. The van der Waals surface area contributed by atoms with Crippen LogP contribution >= 0.6 is 0 Å². The largest absolute Gasteiger partial charge is 0.326 e. The van der Waals surface area contributed by atoms with Gasteiger partial charge in [-0.2, -0.15) is 0 Å². The molecule has 0 aliphatic heterocycles. The highest BCUT2D eigenvalue weighted by molar-refractivity contribution is 7.91.